The van der Waals surface area contributed by atoms with Crippen LogP contribution >= 0.6 is 0 Å². The zero-order valence-corrected chi connectivity index (χ0v) is 16.4. The molecule has 2 aromatic carbocycles. The van der Waals surface area contributed by atoms with Gasteiger partial charge in [-0.15, -0.1) is 0 Å². The Balaban J connectivity index is 1.66. The minimum absolute atomic E-state index is 0.0130. The molecule has 0 spiro atoms. The molecule has 0 aliphatic heterocycles. The van der Waals surface area contributed by atoms with Crippen LogP contribution in [0.5, 0.6) is 5.75 Å². The first kappa shape index (κ1) is 21.0. The van der Waals surface area contributed by atoms with Crippen molar-refractivity contribution in [1.29, 1.82) is 0 Å². The van der Waals surface area contributed by atoms with E-state index in [2.05, 4.69) is 15.7 Å². The molecule has 0 atom stereocenters. The van der Waals surface area contributed by atoms with Gasteiger partial charge in [0, 0.05) is 30.6 Å². The van der Waals surface area contributed by atoms with Gasteiger partial charge in [0.05, 0.1) is 18.7 Å². The van der Waals surface area contributed by atoms with E-state index in [1.54, 1.807) is 31.3 Å². The number of carbonyl (C=O) groups is 2. The summed E-state index contributed by atoms with van der Waals surface area (Å²) in [5, 5.41) is 9.22. The van der Waals surface area contributed by atoms with Crippen molar-refractivity contribution in [2.75, 3.05) is 18.5 Å². The molecule has 9 heteroatoms. The standard InChI is InChI=1S/C21H20F2N4O3/c1-3-30-15-7-5-14(6-8-15)25-19(28)11-24-21(29)17-12-27(2)26-20(17)16-9-4-13(22)10-18(16)23/h4-10,12H,3,11H2,1-2H3,(H,24,29)(H,25,28). The molecule has 2 N–H and O–H groups in total. The van der Waals surface area contributed by atoms with Crippen LogP contribution in [0.4, 0.5) is 14.5 Å². The van der Waals surface area contributed by atoms with Gasteiger partial charge in [0.15, 0.2) is 0 Å². The summed E-state index contributed by atoms with van der Waals surface area (Å²) in [7, 11) is 1.57. The van der Waals surface area contributed by atoms with E-state index in [9.17, 15) is 18.4 Å². The van der Waals surface area contributed by atoms with E-state index in [1.807, 2.05) is 6.92 Å². The molecule has 3 aromatic rings. The number of amides is 2. The summed E-state index contributed by atoms with van der Waals surface area (Å²) in [6, 6.07) is 9.81. The molecule has 0 saturated carbocycles. The average molecular weight is 414 g/mol. The van der Waals surface area contributed by atoms with Crippen LogP contribution in [-0.2, 0) is 11.8 Å². The highest BCUT2D eigenvalue weighted by Gasteiger charge is 2.20. The predicted molar refractivity (Wildman–Crippen MR) is 107 cm³/mol. The number of hydrogen-bond acceptors (Lipinski definition) is 4. The lowest BCUT2D eigenvalue weighted by molar-refractivity contribution is -0.115. The Bertz CT molecular complexity index is 1060. The summed E-state index contributed by atoms with van der Waals surface area (Å²) < 4.78 is 34.0. The van der Waals surface area contributed by atoms with Crippen LogP contribution in [0.15, 0.2) is 48.7 Å². The highest BCUT2D eigenvalue weighted by Crippen LogP contribution is 2.25. The van der Waals surface area contributed by atoms with Crippen molar-refractivity contribution >= 4 is 17.5 Å². The van der Waals surface area contributed by atoms with Gasteiger partial charge in [-0.2, -0.15) is 5.10 Å². The molecule has 2 amide bonds. The third-order valence-electron chi connectivity index (χ3n) is 4.12. The molecule has 156 valence electrons. The molecule has 7 nitrogen and oxygen atoms in total. The van der Waals surface area contributed by atoms with Crippen LogP contribution in [0.1, 0.15) is 17.3 Å². The predicted octanol–water partition coefficient (Wildman–Crippen LogP) is 3.13. The number of halogens is 2. The number of nitrogens with one attached hydrogen (secondary N) is 2. The Hall–Kier alpha value is -3.75. The first-order valence-corrected chi connectivity index (χ1v) is 9.17. The molecule has 0 aliphatic carbocycles. The summed E-state index contributed by atoms with van der Waals surface area (Å²) in [4.78, 5) is 24.7. The van der Waals surface area contributed by atoms with Gasteiger partial charge in [-0.25, -0.2) is 8.78 Å². The number of aryl methyl sites for hydroxylation is 1. The largest absolute Gasteiger partial charge is 0.494 e. The van der Waals surface area contributed by atoms with E-state index < -0.39 is 23.4 Å². The van der Waals surface area contributed by atoms with Gasteiger partial charge in [-0.05, 0) is 43.3 Å². The quantitative estimate of drug-likeness (QED) is 0.622. The number of ether oxygens (including phenoxy) is 1. The van der Waals surface area contributed by atoms with E-state index in [0.717, 1.165) is 12.1 Å². The molecule has 1 aromatic heterocycles. The van der Waals surface area contributed by atoms with Crippen LogP contribution in [0, 0.1) is 11.6 Å². The van der Waals surface area contributed by atoms with E-state index in [1.165, 1.54) is 16.9 Å². The topological polar surface area (TPSA) is 85.3 Å². The van der Waals surface area contributed by atoms with Crippen LogP contribution in [-0.4, -0.2) is 34.7 Å². The van der Waals surface area contributed by atoms with Crippen molar-refractivity contribution in [2.24, 2.45) is 7.05 Å². The van der Waals surface area contributed by atoms with Gasteiger partial charge in [0.25, 0.3) is 5.91 Å². The first-order chi connectivity index (χ1) is 14.4. The SMILES string of the molecule is CCOc1ccc(NC(=O)CNC(=O)c2cn(C)nc2-c2ccc(F)cc2F)cc1. The first-order valence-electron chi connectivity index (χ1n) is 9.17. The molecule has 0 aliphatic rings. The van der Waals surface area contributed by atoms with Crippen LogP contribution in [0.3, 0.4) is 0 Å². The van der Waals surface area contributed by atoms with Crippen molar-refractivity contribution in [2.45, 2.75) is 6.92 Å². The summed E-state index contributed by atoms with van der Waals surface area (Å²) in [6.07, 6.45) is 1.40. The highest BCUT2D eigenvalue weighted by atomic mass is 19.1. The van der Waals surface area contributed by atoms with Crippen molar-refractivity contribution in [3.8, 4) is 17.0 Å². The Kier molecular flexibility index (Phi) is 6.41. The number of anilines is 1. The maximum absolute atomic E-state index is 14.1. The number of nitrogens with zero attached hydrogens (tertiary/aromatic N) is 2. The average Bonchev–Trinajstić information content (AvgIpc) is 3.09. The Morgan fingerprint density at radius 1 is 1.13 bits per heavy atom. The second kappa shape index (κ2) is 9.17. The molecule has 0 fully saturated rings. The fourth-order valence-corrected chi connectivity index (χ4v) is 2.80. The molecular formula is C21H20F2N4O3. The summed E-state index contributed by atoms with van der Waals surface area (Å²) in [5.41, 5.74) is 0.658. The molecule has 0 bridgehead atoms. The van der Waals surface area contributed by atoms with Crippen LogP contribution in [0.2, 0.25) is 0 Å². The van der Waals surface area contributed by atoms with E-state index in [4.69, 9.17) is 4.74 Å². The summed E-state index contributed by atoms with van der Waals surface area (Å²) in [6.45, 7) is 2.11. The van der Waals surface area contributed by atoms with Crippen molar-refractivity contribution in [1.82, 2.24) is 15.1 Å². The van der Waals surface area contributed by atoms with Crippen LogP contribution < -0.4 is 15.4 Å². The second-order valence-electron chi connectivity index (χ2n) is 6.38. The fraction of sp³-hybridized carbons (Fsp3) is 0.190. The fourth-order valence-electron chi connectivity index (χ4n) is 2.80. The number of hydrogen-bond donors (Lipinski definition) is 2. The van der Waals surface area contributed by atoms with Crippen molar-refractivity contribution < 1.29 is 23.1 Å². The normalized spacial score (nSPS) is 10.5. The maximum atomic E-state index is 14.1. The number of carbonyl (C=O) groups excluding carboxylic acids is 2. The third-order valence-corrected chi connectivity index (χ3v) is 4.12. The Morgan fingerprint density at radius 2 is 1.87 bits per heavy atom. The second-order valence-corrected chi connectivity index (χ2v) is 6.38. The molecule has 0 radical (unpaired) electrons. The van der Waals surface area contributed by atoms with Crippen molar-refractivity contribution in [3.63, 3.8) is 0 Å². The summed E-state index contributed by atoms with van der Waals surface area (Å²) >= 11 is 0. The number of benzene rings is 2. The lowest BCUT2D eigenvalue weighted by atomic mass is 10.1. The Morgan fingerprint density at radius 3 is 2.53 bits per heavy atom. The molecule has 1 heterocycles. The van der Waals surface area contributed by atoms with Crippen molar-refractivity contribution in [3.05, 3.63) is 65.9 Å². The summed E-state index contributed by atoms with van der Waals surface area (Å²) in [5.74, 6) is -1.93. The lowest BCUT2D eigenvalue weighted by Crippen LogP contribution is -2.33. The monoisotopic (exact) mass is 414 g/mol. The Labute approximate surface area is 171 Å². The van der Waals surface area contributed by atoms with Gasteiger partial charge < -0.3 is 15.4 Å². The minimum atomic E-state index is -0.837. The number of rotatable bonds is 7. The molecule has 3 rings (SSSR count). The van der Waals surface area contributed by atoms with Gasteiger partial charge in [-0.1, -0.05) is 0 Å². The number of aromatic nitrogens is 2. The van der Waals surface area contributed by atoms with Gasteiger partial charge in [0.1, 0.15) is 23.1 Å². The van der Waals surface area contributed by atoms with Gasteiger partial charge in [0.2, 0.25) is 5.91 Å². The molecule has 0 unspecified atom stereocenters. The van der Waals surface area contributed by atoms with Crippen LogP contribution in [0.25, 0.3) is 11.3 Å². The van der Waals surface area contributed by atoms with Gasteiger partial charge >= 0.3 is 0 Å². The zero-order valence-electron chi connectivity index (χ0n) is 16.4. The van der Waals surface area contributed by atoms with E-state index >= 15 is 0 Å². The molecule has 0 saturated heterocycles. The molecule has 30 heavy (non-hydrogen) atoms. The third kappa shape index (κ3) is 4.99. The zero-order chi connectivity index (χ0) is 21.7. The minimum Gasteiger partial charge on any atom is -0.494 e. The van der Waals surface area contributed by atoms with E-state index in [-0.39, 0.29) is 23.4 Å². The maximum Gasteiger partial charge on any atom is 0.255 e. The lowest BCUT2D eigenvalue weighted by Gasteiger charge is -2.08. The molecular weight excluding hydrogens is 394 g/mol. The highest BCUT2D eigenvalue weighted by molar-refractivity contribution is 6.02. The van der Waals surface area contributed by atoms with E-state index in [0.29, 0.717) is 18.0 Å². The smallest absolute Gasteiger partial charge is 0.255 e. The van der Waals surface area contributed by atoms with Gasteiger partial charge in [-0.3, -0.25) is 14.3 Å².